The third-order valence-corrected chi connectivity index (χ3v) is 2.18. The monoisotopic (exact) mass is 168 g/mol. The third kappa shape index (κ3) is 1.32. The molecule has 1 aromatic heterocycles. The van der Waals surface area contributed by atoms with Crippen molar-refractivity contribution in [2.24, 2.45) is 4.99 Å². The van der Waals surface area contributed by atoms with Gasteiger partial charge in [-0.1, -0.05) is 0 Å². The van der Waals surface area contributed by atoms with Crippen LogP contribution in [0.2, 0.25) is 0 Å². The number of rotatable bonds is 1. The highest BCUT2D eigenvalue weighted by Crippen LogP contribution is 2.17. The molecule has 0 aliphatic carbocycles. The summed E-state index contributed by atoms with van der Waals surface area (Å²) in [5, 5.41) is 7.33. The van der Waals surface area contributed by atoms with Gasteiger partial charge < -0.3 is 0 Å². The second-order valence-electron chi connectivity index (χ2n) is 2.44. The first kappa shape index (κ1) is 6.95. The molecule has 1 N–H and O–H groups in total. The van der Waals surface area contributed by atoms with Crippen LogP contribution in [0.5, 0.6) is 0 Å². The van der Waals surface area contributed by atoms with Crippen molar-refractivity contribution in [1.82, 2.24) is 14.9 Å². The molecule has 5 heteroatoms. The van der Waals surface area contributed by atoms with E-state index in [2.05, 4.69) is 15.2 Å². The number of nitrogens with zero attached hydrogens (tertiary/aromatic N) is 3. The van der Waals surface area contributed by atoms with E-state index in [4.69, 9.17) is 0 Å². The summed E-state index contributed by atoms with van der Waals surface area (Å²) in [4.78, 5) is 4.20. The van der Waals surface area contributed by atoms with Gasteiger partial charge in [0.05, 0.1) is 6.20 Å². The molecule has 58 valence electrons. The minimum Gasteiger partial charge on any atom is -0.253 e. The summed E-state index contributed by atoms with van der Waals surface area (Å²) in [6, 6.07) is 0. The van der Waals surface area contributed by atoms with Crippen LogP contribution in [-0.2, 0) is 0 Å². The molecule has 0 saturated heterocycles. The minimum atomic E-state index is 0.0297. The topological polar surface area (TPSA) is 42.2 Å². The van der Waals surface area contributed by atoms with Gasteiger partial charge >= 0.3 is 0 Å². The van der Waals surface area contributed by atoms with Crippen LogP contribution in [0.1, 0.15) is 11.9 Å². The van der Waals surface area contributed by atoms with E-state index in [1.165, 1.54) is 0 Å². The third-order valence-electron chi connectivity index (χ3n) is 1.47. The summed E-state index contributed by atoms with van der Waals surface area (Å²) < 4.78 is 1.83. The van der Waals surface area contributed by atoms with Gasteiger partial charge in [0.1, 0.15) is 0 Å². The molecule has 0 radical (unpaired) electrons. The normalized spacial score (nSPS) is 25.0. The molecule has 2 unspecified atom stereocenters. The van der Waals surface area contributed by atoms with E-state index in [1.54, 1.807) is 0 Å². The zero-order valence-electron chi connectivity index (χ0n) is 6.15. The summed E-state index contributed by atoms with van der Waals surface area (Å²) in [6.45, 7) is 2.02. The second kappa shape index (κ2) is 2.72. The van der Waals surface area contributed by atoms with E-state index >= 15 is 0 Å². The highest BCUT2D eigenvalue weighted by molar-refractivity contribution is 7.53. The fourth-order valence-electron chi connectivity index (χ4n) is 0.958. The highest BCUT2D eigenvalue weighted by Gasteiger charge is 2.10. The maximum absolute atomic E-state index is 4.20. The molecular formula is C6H9N4P. The van der Waals surface area contributed by atoms with Gasteiger partial charge in [0, 0.05) is 12.2 Å². The molecule has 1 aromatic rings. The summed E-state index contributed by atoms with van der Waals surface area (Å²) in [6.07, 6.45) is 3.84. The second-order valence-corrected chi connectivity index (χ2v) is 3.27. The Kier molecular flexibility index (Phi) is 1.72. The Morgan fingerprint density at radius 1 is 1.73 bits per heavy atom. The van der Waals surface area contributed by atoms with E-state index in [0.717, 1.165) is 5.56 Å². The number of nitrogens with one attached hydrogen (secondary N) is 1. The van der Waals surface area contributed by atoms with Gasteiger partial charge in [-0.25, -0.2) is 9.67 Å². The molecule has 0 fully saturated rings. The van der Waals surface area contributed by atoms with Gasteiger partial charge in [0.25, 0.3) is 0 Å². The quantitative estimate of drug-likeness (QED) is 0.632. The number of hydrogen-bond acceptors (Lipinski definition) is 3. The Morgan fingerprint density at radius 2 is 2.64 bits per heavy atom. The van der Waals surface area contributed by atoms with Crippen molar-refractivity contribution in [1.29, 1.82) is 0 Å². The van der Waals surface area contributed by atoms with E-state index < -0.39 is 0 Å². The molecule has 2 atom stereocenters. The predicted octanol–water partition coefficient (Wildman–Crippen LogP) is 0.873. The smallest absolute Gasteiger partial charge is 0.198 e. The fraction of sp³-hybridized carbons (Fsp3) is 0.333. The molecule has 0 saturated carbocycles. The molecule has 1 aliphatic rings. The van der Waals surface area contributed by atoms with Crippen LogP contribution < -0.4 is 5.09 Å². The Hall–Kier alpha value is -0.730. The molecule has 0 bridgehead atoms. The maximum Gasteiger partial charge on any atom is 0.198 e. The standard InChI is InChI=1S/C6H9N4P/c1-5-2-8-10(3-5)6-7-4-11-9-6/h2-4,6,9,11H,1H3. The summed E-state index contributed by atoms with van der Waals surface area (Å²) >= 11 is 0. The zero-order chi connectivity index (χ0) is 7.68. The van der Waals surface area contributed by atoms with E-state index in [9.17, 15) is 0 Å². The number of aromatic nitrogens is 2. The Bertz CT molecular complexity index is 280. The van der Waals surface area contributed by atoms with Crippen molar-refractivity contribution in [2.75, 3.05) is 0 Å². The first-order chi connectivity index (χ1) is 5.36. The Morgan fingerprint density at radius 3 is 3.18 bits per heavy atom. The first-order valence-corrected chi connectivity index (χ1v) is 4.47. The number of hydrogen-bond donors (Lipinski definition) is 1. The van der Waals surface area contributed by atoms with Crippen LogP contribution in [0.3, 0.4) is 0 Å². The van der Waals surface area contributed by atoms with Crippen LogP contribution in [0.4, 0.5) is 0 Å². The van der Waals surface area contributed by atoms with Gasteiger partial charge in [0.2, 0.25) is 0 Å². The predicted molar refractivity (Wildman–Crippen MR) is 45.9 cm³/mol. The van der Waals surface area contributed by atoms with E-state index in [-0.39, 0.29) is 6.29 Å². The minimum absolute atomic E-state index is 0.0297. The maximum atomic E-state index is 4.20. The SMILES string of the molecule is Cc1cnn(C2N=CPN2)c1. The first-order valence-electron chi connectivity index (χ1n) is 3.40. The van der Waals surface area contributed by atoms with Crippen LogP contribution in [-0.4, -0.2) is 15.7 Å². The van der Waals surface area contributed by atoms with Crippen molar-refractivity contribution >= 4 is 14.7 Å². The largest absolute Gasteiger partial charge is 0.253 e. The van der Waals surface area contributed by atoms with Gasteiger partial charge in [0.15, 0.2) is 6.29 Å². The van der Waals surface area contributed by atoms with Crippen molar-refractivity contribution in [3.8, 4) is 0 Å². The average Bonchev–Trinajstić information content (AvgIpc) is 2.55. The van der Waals surface area contributed by atoms with Crippen LogP contribution >= 0.6 is 8.73 Å². The Labute approximate surface area is 66.5 Å². The van der Waals surface area contributed by atoms with Crippen LogP contribution in [0.15, 0.2) is 17.4 Å². The van der Waals surface area contributed by atoms with Gasteiger partial charge in [-0.05, 0) is 21.2 Å². The molecule has 11 heavy (non-hydrogen) atoms. The fourth-order valence-corrected chi connectivity index (χ4v) is 1.60. The molecule has 2 heterocycles. The van der Waals surface area contributed by atoms with Gasteiger partial charge in [-0.15, -0.1) is 0 Å². The van der Waals surface area contributed by atoms with E-state index in [0.29, 0.717) is 8.73 Å². The summed E-state index contributed by atoms with van der Waals surface area (Å²) in [5.74, 6) is 1.89. The van der Waals surface area contributed by atoms with Gasteiger partial charge in [-0.2, -0.15) is 5.10 Å². The zero-order valence-corrected chi connectivity index (χ0v) is 7.15. The summed E-state index contributed by atoms with van der Waals surface area (Å²) in [7, 11) is 0.621. The lowest BCUT2D eigenvalue weighted by molar-refractivity contribution is 0.467. The molecule has 0 aromatic carbocycles. The number of aryl methyl sites for hydroxylation is 1. The van der Waals surface area contributed by atoms with Crippen molar-refractivity contribution in [3.63, 3.8) is 0 Å². The molecule has 1 aliphatic heterocycles. The Balaban J connectivity index is 2.22. The number of aliphatic imine (C=N–C) groups is 1. The lowest BCUT2D eigenvalue weighted by atomic mass is 10.4. The van der Waals surface area contributed by atoms with Crippen molar-refractivity contribution in [2.45, 2.75) is 13.2 Å². The molecule has 0 spiro atoms. The van der Waals surface area contributed by atoms with Gasteiger partial charge in [-0.3, -0.25) is 5.09 Å². The molecule has 4 nitrogen and oxygen atoms in total. The lowest BCUT2D eigenvalue weighted by Gasteiger charge is -2.06. The average molecular weight is 168 g/mol. The van der Waals surface area contributed by atoms with E-state index in [1.807, 2.05) is 30.0 Å². The molecular weight excluding hydrogens is 159 g/mol. The summed E-state index contributed by atoms with van der Waals surface area (Å²) in [5.41, 5.74) is 1.16. The van der Waals surface area contributed by atoms with Crippen LogP contribution in [0, 0.1) is 6.92 Å². The highest BCUT2D eigenvalue weighted by atomic mass is 31.1. The molecule has 0 amide bonds. The van der Waals surface area contributed by atoms with Crippen molar-refractivity contribution in [3.05, 3.63) is 18.0 Å². The van der Waals surface area contributed by atoms with Crippen LogP contribution in [0.25, 0.3) is 0 Å². The molecule has 2 rings (SSSR count). The van der Waals surface area contributed by atoms with Crippen molar-refractivity contribution < 1.29 is 0 Å². The lowest BCUT2D eigenvalue weighted by Crippen LogP contribution is -2.14.